The number of ether oxygens (including phenoxy) is 2. The van der Waals surface area contributed by atoms with Gasteiger partial charge in [0, 0.05) is 40.4 Å². The summed E-state index contributed by atoms with van der Waals surface area (Å²) in [5.74, 6) is -2.14. The molecule has 0 unspecified atom stereocenters. The Kier molecular flexibility index (Phi) is 12.3. The first-order valence-electron chi connectivity index (χ1n) is 13.4. The van der Waals surface area contributed by atoms with E-state index >= 15 is 0 Å². The van der Waals surface area contributed by atoms with Crippen LogP contribution in [-0.4, -0.2) is 84.2 Å². The molecule has 0 spiro atoms. The fourth-order valence-electron chi connectivity index (χ4n) is 4.42. The van der Waals surface area contributed by atoms with Gasteiger partial charge >= 0.3 is 0 Å². The first kappa shape index (κ1) is 40.2. The molecule has 0 saturated heterocycles. The molecule has 0 bridgehead atoms. The molecule has 272 valence electrons. The van der Waals surface area contributed by atoms with Crippen molar-refractivity contribution in [1.82, 2.24) is 0 Å². The maximum atomic E-state index is 12.9. The molecule has 22 heteroatoms. The largest absolute Gasteiger partial charge is 0.507 e. The number of halogens is 1. The highest BCUT2D eigenvalue weighted by atomic mass is 35.5. The number of nitrogen functional groups attached to an aromatic ring is 1. The summed E-state index contributed by atoms with van der Waals surface area (Å²) in [5.41, 5.74) is 5.95. The van der Waals surface area contributed by atoms with Crippen LogP contribution in [0.25, 0.3) is 10.8 Å². The van der Waals surface area contributed by atoms with Crippen molar-refractivity contribution in [1.29, 1.82) is 0 Å². The van der Waals surface area contributed by atoms with Crippen molar-refractivity contribution in [2.45, 2.75) is 20.4 Å². The van der Waals surface area contributed by atoms with E-state index in [0.717, 1.165) is 18.2 Å². The SMILES string of the molecule is COc1cc(S(=O)(=O)O)c(OC)cc1N.O=C(Nc1ccc(S(=O)(=O)O)c2cc(S(=O)(=O)O)cc(O)c12)c1cccc(CS(=O)(=O)CCCl)c1. The number of phenolic OH excluding ortho intramolecular Hbond substituents is 1. The normalized spacial score (nSPS) is 12.1. The molecule has 0 atom stereocenters. The highest BCUT2D eigenvalue weighted by Gasteiger charge is 2.24. The fraction of sp³-hybridized carbons (Fsp3) is 0.179. The molecular formula is C28H29ClN2O15S4. The molecule has 4 aromatic carbocycles. The molecule has 7 N–H and O–H groups in total. The van der Waals surface area contributed by atoms with Gasteiger partial charge in [0.25, 0.3) is 36.3 Å². The lowest BCUT2D eigenvalue weighted by atomic mass is 10.1. The van der Waals surface area contributed by atoms with Crippen LogP contribution in [0.5, 0.6) is 17.2 Å². The Balaban J connectivity index is 0.000000376. The first-order chi connectivity index (χ1) is 23.0. The number of carbonyl (C=O) groups excluding carboxylic acids is 1. The number of benzene rings is 4. The van der Waals surface area contributed by atoms with Crippen LogP contribution in [0.1, 0.15) is 15.9 Å². The number of rotatable bonds is 11. The van der Waals surface area contributed by atoms with Crippen molar-refractivity contribution < 1.29 is 66.7 Å². The van der Waals surface area contributed by atoms with E-state index in [1.165, 1.54) is 44.6 Å². The number of carbonyl (C=O) groups is 1. The average Bonchev–Trinajstić information content (AvgIpc) is 2.99. The Morgan fingerprint density at radius 3 is 1.96 bits per heavy atom. The van der Waals surface area contributed by atoms with Crippen LogP contribution < -0.4 is 20.5 Å². The van der Waals surface area contributed by atoms with Crippen LogP contribution >= 0.6 is 11.6 Å². The molecule has 17 nitrogen and oxygen atoms in total. The van der Waals surface area contributed by atoms with Crippen LogP contribution in [-0.2, 0) is 45.9 Å². The molecule has 0 heterocycles. The summed E-state index contributed by atoms with van der Waals surface area (Å²) < 4.78 is 130. The number of anilines is 2. The second-order valence-corrected chi connectivity index (χ2v) is 16.8. The molecule has 4 rings (SSSR count). The zero-order valence-corrected chi connectivity index (χ0v) is 29.8. The van der Waals surface area contributed by atoms with E-state index in [0.29, 0.717) is 17.7 Å². The van der Waals surface area contributed by atoms with Gasteiger partial charge in [0.2, 0.25) is 0 Å². The topological polar surface area (TPSA) is 291 Å². The van der Waals surface area contributed by atoms with Crippen molar-refractivity contribution in [2.24, 2.45) is 0 Å². The van der Waals surface area contributed by atoms with E-state index in [2.05, 4.69) is 5.32 Å². The minimum atomic E-state index is -4.90. The van der Waals surface area contributed by atoms with Gasteiger partial charge in [-0.2, -0.15) is 25.3 Å². The molecule has 0 fully saturated rings. The summed E-state index contributed by atoms with van der Waals surface area (Å²) in [6.45, 7) is 0. The maximum Gasteiger partial charge on any atom is 0.298 e. The predicted molar refractivity (Wildman–Crippen MR) is 182 cm³/mol. The molecule has 0 aliphatic heterocycles. The van der Waals surface area contributed by atoms with Gasteiger partial charge in [-0.05, 0) is 35.9 Å². The molecule has 1 amide bonds. The highest BCUT2D eigenvalue weighted by molar-refractivity contribution is 7.90. The zero-order chi connectivity index (χ0) is 37.8. The van der Waals surface area contributed by atoms with Crippen molar-refractivity contribution in [3.8, 4) is 17.2 Å². The maximum absolute atomic E-state index is 12.9. The van der Waals surface area contributed by atoms with Gasteiger partial charge in [0.15, 0.2) is 9.84 Å². The lowest BCUT2D eigenvalue weighted by molar-refractivity contribution is 0.102. The van der Waals surface area contributed by atoms with Crippen molar-refractivity contribution >= 4 is 79.8 Å². The number of nitrogens with one attached hydrogen (secondary N) is 1. The van der Waals surface area contributed by atoms with Crippen molar-refractivity contribution in [3.63, 3.8) is 0 Å². The number of fused-ring (bicyclic) bond motifs is 1. The summed E-state index contributed by atoms with van der Waals surface area (Å²) in [4.78, 5) is 10.8. The molecule has 0 aliphatic carbocycles. The Labute approximate surface area is 291 Å². The van der Waals surface area contributed by atoms with Gasteiger partial charge in [-0.25, -0.2) is 8.42 Å². The summed E-state index contributed by atoms with van der Waals surface area (Å²) in [6, 6.07) is 11.3. The number of sulfone groups is 1. The molecule has 0 radical (unpaired) electrons. The van der Waals surface area contributed by atoms with Gasteiger partial charge in [-0.1, -0.05) is 12.1 Å². The van der Waals surface area contributed by atoms with E-state index in [9.17, 15) is 52.7 Å². The first-order valence-corrected chi connectivity index (χ1v) is 20.1. The van der Waals surface area contributed by atoms with Crippen LogP contribution in [0.3, 0.4) is 0 Å². The lowest BCUT2D eigenvalue weighted by Crippen LogP contribution is -2.14. The third-order valence-electron chi connectivity index (χ3n) is 6.61. The third kappa shape index (κ3) is 9.94. The second-order valence-electron chi connectivity index (χ2n) is 10.1. The van der Waals surface area contributed by atoms with E-state index in [1.54, 1.807) is 0 Å². The standard InChI is InChI=1S/C20H18ClNO10S3.C8H11NO5S/c21-6-7-33(25,26)11-12-2-1-3-13(8-12)20(24)22-16-4-5-18(35(30,31)32)15-9-14(34(27,28)29)10-17(23)19(15)16;1-13-6-4-8(15(10,11)12)7(14-2)3-5(6)9/h1-5,8-10,23H,6-7,11H2,(H,22,24)(H,27,28,29)(H,30,31,32);3-4H,9H2,1-2H3,(H,10,11,12). The smallest absolute Gasteiger partial charge is 0.298 e. The van der Waals surface area contributed by atoms with Crippen molar-refractivity contribution in [3.05, 3.63) is 71.8 Å². The Morgan fingerprint density at radius 1 is 0.800 bits per heavy atom. The van der Waals surface area contributed by atoms with E-state index in [4.69, 9.17) is 31.4 Å². The second kappa shape index (κ2) is 15.3. The minimum absolute atomic E-state index is 0.0317. The van der Waals surface area contributed by atoms with Gasteiger partial charge in [0.1, 0.15) is 27.0 Å². The third-order valence-corrected chi connectivity index (χ3v) is 11.2. The van der Waals surface area contributed by atoms with Crippen LogP contribution in [0.2, 0.25) is 0 Å². The van der Waals surface area contributed by atoms with Gasteiger partial charge in [-0.3, -0.25) is 18.5 Å². The molecule has 4 aromatic rings. The summed E-state index contributed by atoms with van der Waals surface area (Å²) in [6.07, 6.45) is 0. The molecule has 0 aliphatic rings. The predicted octanol–water partition coefficient (Wildman–Crippen LogP) is 2.98. The number of alkyl halides is 1. The molecule has 50 heavy (non-hydrogen) atoms. The van der Waals surface area contributed by atoms with Gasteiger partial charge in [0.05, 0.1) is 42.0 Å². The number of amides is 1. The van der Waals surface area contributed by atoms with Gasteiger partial charge in [-0.15, -0.1) is 11.6 Å². The number of nitrogens with two attached hydrogens (primary N) is 1. The summed E-state index contributed by atoms with van der Waals surface area (Å²) >= 11 is 5.49. The Bertz CT molecular complexity index is 2400. The number of aromatic hydroxyl groups is 1. The van der Waals surface area contributed by atoms with E-state index < -0.39 is 67.0 Å². The molecule has 0 saturated carbocycles. The van der Waals surface area contributed by atoms with E-state index in [-0.39, 0.29) is 56.1 Å². The van der Waals surface area contributed by atoms with Crippen LogP contribution in [0.15, 0.2) is 75.4 Å². The van der Waals surface area contributed by atoms with Crippen molar-refractivity contribution in [2.75, 3.05) is 36.9 Å². The number of hydrogen-bond acceptors (Lipinski definition) is 13. The molecule has 0 aromatic heterocycles. The number of phenols is 1. The monoisotopic (exact) mass is 796 g/mol. The highest BCUT2D eigenvalue weighted by Crippen LogP contribution is 2.38. The summed E-state index contributed by atoms with van der Waals surface area (Å²) in [5, 5.41) is 12.0. The zero-order valence-electron chi connectivity index (χ0n) is 25.8. The number of hydrogen-bond donors (Lipinski definition) is 6. The average molecular weight is 797 g/mol. The quantitative estimate of drug-likeness (QED) is 0.0722. The summed E-state index contributed by atoms with van der Waals surface area (Å²) in [7, 11) is -15.0. The van der Waals surface area contributed by atoms with Gasteiger partial charge < -0.3 is 25.6 Å². The fourth-order valence-corrected chi connectivity index (χ4v) is 8.05. The van der Waals surface area contributed by atoms with Crippen LogP contribution in [0, 0.1) is 0 Å². The molecular weight excluding hydrogens is 768 g/mol. The minimum Gasteiger partial charge on any atom is -0.507 e. The van der Waals surface area contributed by atoms with E-state index in [1.807, 2.05) is 0 Å². The number of methoxy groups -OCH3 is 2. The van der Waals surface area contributed by atoms with Crippen LogP contribution in [0.4, 0.5) is 11.4 Å². The lowest BCUT2D eigenvalue weighted by Gasteiger charge is -2.14. The Morgan fingerprint density at radius 2 is 1.42 bits per heavy atom. The Hall–Kier alpha value is -4.22.